The Morgan fingerprint density at radius 3 is 2.14 bits per heavy atom. The number of carbonyl (C=O) groups is 2. The van der Waals surface area contributed by atoms with Gasteiger partial charge < -0.3 is 0 Å². The van der Waals surface area contributed by atoms with Crippen molar-refractivity contribution in [2.24, 2.45) is 0 Å². The molecule has 0 heterocycles. The molecule has 1 aromatic carbocycles. The van der Waals surface area contributed by atoms with Crippen LogP contribution in [0.5, 0.6) is 0 Å². The third kappa shape index (κ3) is 1.93. The number of nitriles is 1. The predicted octanol–water partition coefficient (Wildman–Crippen LogP) is 1.85. The van der Waals surface area contributed by atoms with Crippen molar-refractivity contribution >= 4 is 18.6 Å². The molecule has 0 aromatic heterocycles. The van der Waals surface area contributed by atoms with Gasteiger partial charge >= 0.3 is 0 Å². The van der Waals surface area contributed by atoms with E-state index in [1.165, 1.54) is 12.2 Å². The van der Waals surface area contributed by atoms with Gasteiger partial charge in [0.1, 0.15) is 0 Å². The highest BCUT2D eigenvalue weighted by atomic mass is 16.1. The Labute approximate surface area is 81.3 Å². The summed E-state index contributed by atoms with van der Waals surface area (Å²) in [5.41, 5.74) is 1.29. The first-order chi connectivity index (χ1) is 6.83. The van der Waals surface area contributed by atoms with Crippen molar-refractivity contribution < 1.29 is 9.59 Å². The molecule has 1 rings (SSSR count). The summed E-state index contributed by atoms with van der Waals surface area (Å²) in [6.45, 7) is 0. The maximum atomic E-state index is 10.6. The maximum Gasteiger partial charge on any atom is 0.150 e. The Kier molecular flexibility index (Phi) is 3.33. The molecule has 14 heavy (non-hydrogen) atoms. The summed E-state index contributed by atoms with van der Waals surface area (Å²) in [5, 5.41) is 8.34. The molecule has 3 nitrogen and oxygen atoms in total. The monoisotopic (exact) mass is 185 g/mol. The van der Waals surface area contributed by atoms with Crippen molar-refractivity contribution in [3.8, 4) is 6.07 Å². The highest BCUT2D eigenvalue weighted by Gasteiger charge is 2.03. The number of nitrogens with zero attached hydrogens (tertiary/aromatic N) is 1. The second-order valence-corrected chi connectivity index (χ2v) is 2.55. The third-order valence-corrected chi connectivity index (χ3v) is 1.75. The van der Waals surface area contributed by atoms with Crippen molar-refractivity contribution in [1.82, 2.24) is 0 Å². The summed E-state index contributed by atoms with van der Waals surface area (Å²) in [7, 11) is 0. The quantitative estimate of drug-likeness (QED) is 0.533. The van der Waals surface area contributed by atoms with E-state index in [2.05, 4.69) is 0 Å². The van der Waals surface area contributed by atoms with Crippen molar-refractivity contribution in [2.45, 2.75) is 0 Å². The first kappa shape index (κ1) is 9.87. The molecule has 0 saturated carbocycles. The van der Waals surface area contributed by atoms with E-state index >= 15 is 0 Å². The van der Waals surface area contributed by atoms with Crippen LogP contribution >= 0.6 is 0 Å². The van der Waals surface area contributed by atoms with Crippen LogP contribution in [0.25, 0.3) is 6.08 Å². The molecule has 0 atom stereocenters. The molecular formula is C11H7NO2. The molecule has 0 fully saturated rings. The Morgan fingerprint density at radius 1 is 1.14 bits per heavy atom. The van der Waals surface area contributed by atoms with Crippen LogP contribution in [0.2, 0.25) is 0 Å². The standard InChI is InChI=1S/C11H7NO2/c12-6-2-5-11-9(7-13)3-1-4-10(11)8-14/h1-5,7-8H. The molecule has 1 aromatic rings. The van der Waals surface area contributed by atoms with E-state index in [0.29, 0.717) is 29.3 Å². The predicted molar refractivity (Wildman–Crippen MR) is 51.9 cm³/mol. The fraction of sp³-hybridized carbons (Fsp3) is 0. The summed E-state index contributed by atoms with van der Waals surface area (Å²) >= 11 is 0. The van der Waals surface area contributed by atoms with Gasteiger partial charge in [-0.15, -0.1) is 0 Å². The van der Waals surface area contributed by atoms with E-state index in [1.807, 2.05) is 0 Å². The van der Waals surface area contributed by atoms with Gasteiger partial charge in [-0.1, -0.05) is 18.2 Å². The summed E-state index contributed by atoms with van der Waals surface area (Å²) in [5.74, 6) is 0. The highest BCUT2D eigenvalue weighted by Crippen LogP contribution is 2.13. The normalized spacial score (nSPS) is 9.64. The Balaban J connectivity index is 3.34. The van der Waals surface area contributed by atoms with E-state index in [9.17, 15) is 9.59 Å². The van der Waals surface area contributed by atoms with Crippen LogP contribution in [0, 0.1) is 11.3 Å². The zero-order chi connectivity index (χ0) is 10.4. The van der Waals surface area contributed by atoms with E-state index < -0.39 is 0 Å². The lowest BCUT2D eigenvalue weighted by Crippen LogP contribution is -1.92. The first-order valence-corrected chi connectivity index (χ1v) is 3.93. The molecular weight excluding hydrogens is 178 g/mol. The summed E-state index contributed by atoms with van der Waals surface area (Å²) < 4.78 is 0. The SMILES string of the molecule is N#CC=Cc1c(C=O)cccc1C=O. The van der Waals surface area contributed by atoms with Crippen LogP contribution in [0.4, 0.5) is 0 Å². The molecule has 0 unspecified atom stereocenters. The van der Waals surface area contributed by atoms with E-state index in [-0.39, 0.29) is 0 Å². The molecule has 68 valence electrons. The van der Waals surface area contributed by atoms with Gasteiger partial charge in [0.05, 0.1) is 6.07 Å². The molecule has 0 amide bonds. The smallest absolute Gasteiger partial charge is 0.150 e. The molecule has 0 bridgehead atoms. The fourth-order valence-corrected chi connectivity index (χ4v) is 1.12. The van der Waals surface area contributed by atoms with E-state index in [4.69, 9.17) is 5.26 Å². The first-order valence-electron chi connectivity index (χ1n) is 3.93. The lowest BCUT2D eigenvalue weighted by Gasteiger charge is -2.00. The molecule has 0 spiro atoms. The van der Waals surface area contributed by atoms with Crippen molar-refractivity contribution in [2.75, 3.05) is 0 Å². The zero-order valence-electron chi connectivity index (χ0n) is 7.31. The van der Waals surface area contributed by atoms with E-state index in [1.54, 1.807) is 24.3 Å². The van der Waals surface area contributed by atoms with Gasteiger partial charge in [0.2, 0.25) is 0 Å². The lowest BCUT2D eigenvalue weighted by atomic mass is 10.0. The number of benzene rings is 1. The molecule has 0 aliphatic heterocycles. The van der Waals surface area contributed by atoms with Crippen LogP contribution < -0.4 is 0 Å². The number of hydrogen-bond acceptors (Lipinski definition) is 3. The third-order valence-electron chi connectivity index (χ3n) is 1.75. The van der Waals surface area contributed by atoms with Crippen molar-refractivity contribution in [3.63, 3.8) is 0 Å². The van der Waals surface area contributed by atoms with Crippen molar-refractivity contribution in [1.29, 1.82) is 5.26 Å². The summed E-state index contributed by atoms with van der Waals surface area (Å²) in [4.78, 5) is 21.3. The minimum absolute atomic E-state index is 0.404. The molecule has 0 aliphatic rings. The second kappa shape index (κ2) is 4.73. The Bertz CT molecular complexity index is 401. The summed E-state index contributed by atoms with van der Waals surface area (Å²) in [6, 6.07) is 6.62. The topological polar surface area (TPSA) is 57.9 Å². The number of carbonyl (C=O) groups excluding carboxylic acids is 2. The van der Waals surface area contributed by atoms with E-state index in [0.717, 1.165) is 0 Å². The molecule has 3 heteroatoms. The highest BCUT2D eigenvalue weighted by molar-refractivity contribution is 5.90. The zero-order valence-corrected chi connectivity index (χ0v) is 7.31. The maximum absolute atomic E-state index is 10.6. The Hall–Kier alpha value is -2.21. The largest absolute Gasteiger partial charge is 0.298 e. The molecule has 0 N–H and O–H groups in total. The summed E-state index contributed by atoms with van der Waals surface area (Å²) in [6.07, 6.45) is 4.00. The number of aldehydes is 2. The van der Waals surface area contributed by atoms with Gasteiger partial charge in [0.25, 0.3) is 0 Å². The van der Waals surface area contributed by atoms with Gasteiger partial charge in [0, 0.05) is 17.2 Å². The lowest BCUT2D eigenvalue weighted by molar-refractivity contribution is 0.112. The van der Waals surface area contributed by atoms with Gasteiger partial charge in [0.15, 0.2) is 12.6 Å². The van der Waals surface area contributed by atoms with Gasteiger partial charge in [-0.2, -0.15) is 5.26 Å². The van der Waals surface area contributed by atoms with Crippen molar-refractivity contribution in [3.05, 3.63) is 41.0 Å². The number of rotatable bonds is 3. The number of allylic oxidation sites excluding steroid dienone is 1. The van der Waals surface area contributed by atoms with Gasteiger partial charge in [-0.05, 0) is 11.6 Å². The second-order valence-electron chi connectivity index (χ2n) is 2.55. The van der Waals surface area contributed by atoms with Gasteiger partial charge in [-0.25, -0.2) is 0 Å². The minimum atomic E-state index is 0.404. The van der Waals surface area contributed by atoms with Crippen LogP contribution in [-0.4, -0.2) is 12.6 Å². The van der Waals surface area contributed by atoms with Crippen LogP contribution in [-0.2, 0) is 0 Å². The minimum Gasteiger partial charge on any atom is -0.298 e. The molecule has 0 saturated heterocycles. The average molecular weight is 185 g/mol. The molecule has 0 aliphatic carbocycles. The van der Waals surface area contributed by atoms with Crippen LogP contribution in [0.3, 0.4) is 0 Å². The number of hydrogen-bond donors (Lipinski definition) is 0. The van der Waals surface area contributed by atoms with Crippen LogP contribution in [0.15, 0.2) is 24.3 Å². The molecule has 0 radical (unpaired) electrons. The average Bonchev–Trinajstić information content (AvgIpc) is 2.25. The fourth-order valence-electron chi connectivity index (χ4n) is 1.12. The Morgan fingerprint density at radius 2 is 1.71 bits per heavy atom. The van der Waals surface area contributed by atoms with Gasteiger partial charge in [-0.3, -0.25) is 9.59 Å². The van der Waals surface area contributed by atoms with Crippen LogP contribution in [0.1, 0.15) is 26.3 Å².